The van der Waals surface area contributed by atoms with E-state index in [9.17, 15) is 9.36 Å². The maximum atomic E-state index is 13.0. The standard InChI is InChI=1S/C15H28NO5P/c1-15(2,3)21-14(17)16-10-11-8-6-7-9-12(11)13(16)22(18,19-4)20-5/h11-13H,6-10H2,1-5H3/t11-,12-,13-/m0/s1. The predicted octanol–water partition coefficient (Wildman–Crippen LogP) is 3.86. The van der Waals surface area contributed by atoms with Crippen molar-refractivity contribution in [3.8, 4) is 0 Å². The number of rotatable bonds is 3. The molecule has 1 amide bonds. The van der Waals surface area contributed by atoms with Crippen LogP contribution in [0.2, 0.25) is 0 Å². The van der Waals surface area contributed by atoms with Crippen LogP contribution >= 0.6 is 7.60 Å². The molecule has 128 valence electrons. The zero-order chi connectivity index (χ0) is 16.5. The summed E-state index contributed by atoms with van der Waals surface area (Å²) in [5, 5.41) is 0. The highest BCUT2D eigenvalue weighted by Crippen LogP contribution is 2.61. The van der Waals surface area contributed by atoms with E-state index in [-0.39, 0.29) is 5.92 Å². The van der Waals surface area contributed by atoms with E-state index in [2.05, 4.69) is 0 Å². The maximum absolute atomic E-state index is 13.0. The monoisotopic (exact) mass is 333 g/mol. The molecule has 1 heterocycles. The Morgan fingerprint density at radius 3 is 2.27 bits per heavy atom. The van der Waals surface area contributed by atoms with E-state index in [0.29, 0.717) is 12.5 Å². The number of hydrogen-bond donors (Lipinski definition) is 0. The van der Waals surface area contributed by atoms with Gasteiger partial charge in [-0.15, -0.1) is 0 Å². The first-order valence-electron chi connectivity index (χ1n) is 7.92. The smallest absolute Gasteiger partial charge is 0.411 e. The lowest BCUT2D eigenvalue weighted by molar-refractivity contribution is 0.0237. The normalized spacial score (nSPS) is 29.3. The van der Waals surface area contributed by atoms with Gasteiger partial charge in [-0.3, -0.25) is 9.46 Å². The zero-order valence-electron chi connectivity index (χ0n) is 14.2. The first-order chi connectivity index (χ1) is 10.2. The van der Waals surface area contributed by atoms with Crippen molar-refractivity contribution in [2.24, 2.45) is 11.8 Å². The van der Waals surface area contributed by atoms with Gasteiger partial charge in [0.2, 0.25) is 0 Å². The number of amides is 1. The summed E-state index contributed by atoms with van der Waals surface area (Å²) in [6, 6.07) is 0. The Balaban J connectivity index is 2.29. The summed E-state index contributed by atoms with van der Waals surface area (Å²) in [5.41, 5.74) is -0.584. The lowest BCUT2D eigenvalue weighted by Gasteiger charge is -2.34. The van der Waals surface area contributed by atoms with Crippen LogP contribution in [0, 0.1) is 11.8 Å². The van der Waals surface area contributed by atoms with Crippen LogP contribution in [0.5, 0.6) is 0 Å². The Hall–Kier alpha value is -0.580. The van der Waals surface area contributed by atoms with E-state index in [0.717, 1.165) is 25.7 Å². The molecule has 2 fully saturated rings. The second kappa shape index (κ2) is 6.50. The second-order valence-electron chi connectivity index (χ2n) is 7.16. The van der Waals surface area contributed by atoms with Gasteiger partial charge in [-0.25, -0.2) is 4.79 Å². The van der Waals surface area contributed by atoms with Crippen LogP contribution in [0.4, 0.5) is 4.79 Å². The van der Waals surface area contributed by atoms with Gasteiger partial charge >= 0.3 is 13.7 Å². The molecule has 0 N–H and O–H groups in total. The SMILES string of the molecule is COP(=O)(OC)[C@H]1[C@H]2CCCC[C@H]2CN1C(=O)OC(C)(C)C. The van der Waals surface area contributed by atoms with E-state index in [1.54, 1.807) is 4.90 Å². The quantitative estimate of drug-likeness (QED) is 0.734. The Bertz CT molecular complexity index is 453. The average Bonchev–Trinajstić information content (AvgIpc) is 2.85. The van der Waals surface area contributed by atoms with E-state index in [1.165, 1.54) is 14.2 Å². The molecule has 1 saturated heterocycles. The summed E-state index contributed by atoms with van der Waals surface area (Å²) in [4.78, 5) is 14.1. The van der Waals surface area contributed by atoms with Crippen LogP contribution in [0.25, 0.3) is 0 Å². The van der Waals surface area contributed by atoms with Gasteiger partial charge in [-0.1, -0.05) is 12.8 Å². The van der Waals surface area contributed by atoms with Gasteiger partial charge in [-0.2, -0.15) is 0 Å². The maximum Gasteiger partial charge on any atom is 0.411 e. The van der Waals surface area contributed by atoms with Crippen LogP contribution in [-0.2, 0) is 18.3 Å². The number of carbonyl (C=O) groups is 1. The summed E-state index contributed by atoms with van der Waals surface area (Å²) in [7, 11) is -0.603. The summed E-state index contributed by atoms with van der Waals surface area (Å²) >= 11 is 0. The molecular formula is C15H28NO5P. The number of hydrogen-bond acceptors (Lipinski definition) is 5. The molecule has 0 aromatic carbocycles. The third-order valence-corrected chi connectivity index (χ3v) is 6.89. The molecule has 1 aliphatic carbocycles. The fourth-order valence-electron chi connectivity index (χ4n) is 3.65. The summed E-state index contributed by atoms with van der Waals surface area (Å²) < 4.78 is 28.9. The van der Waals surface area contributed by atoms with Gasteiger partial charge in [0.25, 0.3) is 0 Å². The topological polar surface area (TPSA) is 65.1 Å². The minimum absolute atomic E-state index is 0.159. The van der Waals surface area contributed by atoms with Crippen LogP contribution in [-0.4, -0.2) is 43.1 Å². The van der Waals surface area contributed by atoms with Gasteiger partial charge in [0.1, 0.15) is 11.4 Å². The molecule has 1 aliphatic heterocycles. The lowest BCUT2D eigenvalue weighted by atomic mass is 9.82. The molecule has 1 saturated carbocycles. The number of fused-ring (bicyclic) bond motifs is 1. The number of nitrogens with zero attached hydrogens (tertiary/aromatic N) is 1. The van der Waals surface area contributed by atoms with Crippen molar-refractivity contribution in [3.05, 3.63) is 0 Å². The van der Waals surface area contributed by atoms with Crippen LogP contribution in [0.15, 0.2) is 0 Å². The van der Waals surface area contributed by atoms with Crippen molar-refractivity contribution >= 4 is 13.7 Å². The Kier molecular flexibility index (Phi) is 5.25. The van der Waals surface area contributed by atoms with E-state index in [1.807, 2.05) is 20.8 Å². The van der Waals surface area contributed by atoms with Crippen LogP contribution in [0.1, 0.15) is 46.5 Å². The van der Waals surface area contributed by atoms with Crippen molar-refractivity contribution in [1.82, 2.24) is 4.90 Å². The molecule has 22 heavy (non-hydrogen) atoms. The van der Waals surface area contributed by atoms with Gasteiger partial charge in [0.15, 0.2) is 0 Å². The Morgan fingerprint density at radius 2 is 1.73 bits per heavy atom. The van der Waals surface area contributed by atoms with Gasteiger partial charge in [0, 0.05) is 20.8 Å². The highest BCUT2D eigenvalue weighted by molar-refractivity contribution is 7.54. The number of carbonyl (C=O) groups excluding carboxylic acids is 1. The van der Waals surface area contributed by atoms with Crippen LogP contribution in [0.3, 0.4) is 0 Å². The molecule has 2 rings (SSSR count). The summed E-state index contributed by atoms with van der Waals surface area (Å²) in [6.07, 6.45) is 3.81. The van der Waals surface area contributed by atoms with Crippen molar-refractivity contribution in [1.29, 1.82) is 0 Å². The molecule has 6 nitrogen and oxygen atoms in total. The molecule has 7 heteroatoms. The first kappa shape index (κ1) is 17.8. The van der Waals surface area contributed by atoms with Crippen LogP contribution < -0.4 is 0 Å². The van der Waals surface area contributed by atoms with Crippen molar-refractivity contribution in [3.63, 3.8) is 0 Å². The molecule has 0 bridgehead atoms. The molecule has 3 atom stereocenters. The second-order valence-corrected chi connectivity index (χ2v) is 9.50. The molecule has 0 radical (unpaired) electrons. The van der Waals surface area contributed by atoms with E-state index < -0.39 is 25.1 Å². The molecule has 0 unspecified atom stereocenters. The molecule has 0 aromatic heterocycles. The average molecular weight is 333 g/mol. The molecular weight excluding hydrogens is 305 g/mol. The number of ether oxygens (including phenoxy) is 1. The van der Waals surface area contributed by atoms with Crippen molar-refractivity contribution < 1.29 is 23.1 Å². The minimum atomic E-state index is -3.37. The van der Waals surface area contributed by atoms with E-state index in [4.69, 9.17) is 13.8 Å². The molecule has 0 spiro atoms. The zero-order valence-corrected chi connectivity index (χ0v) is 15.1. The third kappa shape index (κ3) is 3.50. The van der Waals surface area contributed by atoms with E-state index >= 15 is 0 Å². The van der Waals surface area contributed by atoms with Gasteiger partial charge in [0.05, 0.1) is 0 Å². The fourth-order valence-corrected chi connectivity index (χ4v) is 5.62. The van der Waals surface area contributed by atoms with Gasteiger partial charge in [-0.05, 0) is 45.4 Å². The van der Waals surface area contributed by atoms with Crippen molar-refractivity contribution in [2.75, 3.05) is 20.8 Å². The molecule has 2 aliphatic rings. The third-order valence-electron chi connectivity index (χ3n) is 4.56. The highest BCUT2D eigenvalue weighted by Gasteiger charge is 2.55. The van der Waals surface area contributed by atoms with Gasteiger partial charge < -0.3 is 13.8 Å². The predicted molar refractivity (Wildman–Crippen MR) is 83.8 cm³/mol. The minimum Gasteiger partial charge on any atom is -0.444 e. The largest absolute Gasteiger partial charge is 0.444 e. The number of likely N-dealkylation sites (tertiary alicyclic amines) is 1. The fraction of sp³-hybridized carbons (Fsp3) is 0.933. The highest BCUT2D eigenvalue weighted by atomic mass is 31.2. The first-order valence-corrected chi connectivity index (χ1v) is 9.54. The molecule has 0 aromatic rings. The lowest BCUT2D eigenvalue weighted by Crippen LogP contribution is -2.41. The summed E-state index contributed by atoms with van der Waals surface area (Å²) in [5.74, 6) is -0.0282. The van der Waals surface area contributed by atoms with Crippen molar-refractivity contribution in [2.45, 2.75) is 57.8 Å². The Labute approximate surface area is 133 Å². The Morgan fingerprint density at radius 1 is 1.14 bits per heavy atom. The summed E-state index contributed by atoms with van der Waals surface area (Å²) in [6.45, 7) is 6.06.